The van der Waals surface area contributed by atoms with Crippen LogP contribution >= 0.6 is 35.0 Å². The van der Waals surface area contributed by atoms with Crippen molar-refractivity contribution in [3.8, 4) is 5.75 Å². The van der Waals surface area contributed by atoms with Crippen LogP contribution in [0.5, 0.6) is 5.75 Å². The smallest absolute Gasteiger partial charge is 0.303 e. The standard InChI is InChI=1S/C17H19Cl2F3N3O2S/c1-3-7-25(4-2,16(26)24-6-5-23-11-24)27-15-13(18)8-12(9-14(15)19)28-10-17(20,21)22/h5-6,8-9,11H,3-4,7,10H2,1-2H3/q+1. The van der Waals surface area contributed by atoms with Crippen LogP contribution in [0.15, 0.2) is 35.7 Å². The minimum Gasteiger partial charge on any atom is -0.303 e. The highest BCUT2D eigenvalue weighted by atomic mass is 35.5. The van der Waals surface area contributed by atoms with Crippen LogP contribution in [0.3, 0.4) is 0 Å². The maximum absolute atomic E-state index is 13.0. The van der Waals surface area contributed by atoms with Gasteiger partial charge in [0.1, 0.15) is 19.4 Å². The van der Waals surface area contributed by atoms with Crippen molar-refractivity contribution in [2.75, 3.05) is 18.8 Å². The Morgan fingerprint density at radius 1 is 1.29 bits per heavy atom. The number of hydroxylamine groups is 3. The molecular formula is C17H19Cl2F3N3O2S+. The average molecular weight is 457 g/mol. The van der Waals surface area contributed by atoms with Gasteiger partial charge in [-0.2, -0.15) is 13.2 Å². The first-order chi connectivity index (χ1) is 13.1. The van der Waals surface area contributed by atoms with E-state index in [0.717, 1.165) is 0 Å². The van der Waals surface area contributed by atoms with Crippen LogP contribution in [0, 0.1) is 0 Å². The summed E-state index contributed by atoms with van der Waals surface area (Å²) in [5.41, 5.74) is 0. The molecule has 1 aromatic carbocycles. The predicted molar refractivity (Wildman–Crippen MR) is 103 cm³/mol. The van der Waals surface area contributed by atoms with Crippen molar-refractivity contribution < 1.29 is 27.4 Å². The molecule has 0 spiro atoms. The zero-order valence-electron chi connectivity index (χ0n) is 15.2. The number of amides is 1. The Hall–Kier alpha value is -1.42. The molecule has 0 saturated carbocycles. The fourth-order valence-corrected chi connectivity index (χ4v) is 3.95. The number of quaternary nitrogens is 1. The minimum atomic E-state index is -4.31. The molecule has 0 bridgehead atoms. The van der Waals surface area contributed by atoms with E-state index in [1.807, 2.05) is 6.92 Å². The molecule has 2 aromatic rings. The van der Waals surface area contributed by atoms with E-state index < -0.39 is 16.6 Å². The highest BCUT2D eigenvalue weighted by Crippen LogP contribution is 2.40. The Morgan fingerprint density at radius 2 is 1.93 bits per heavy atom. The van der Waals surface area contributed by atoms with E-state index in [2.05, 4.69) is 4.98 Å². The van der Waals surface area contributed by atoms with E-state index >= 15 is 0 Å². The van der Waals surface area contributed by atoms with Crippen molar-refractivity contribution in [1.29, 1.82) is 0 Å². The molecule has 0 aliphatic heterocycles. The molecule has 154 valence electrons. The number of hydrogen-bond acceptors (Lipinski definition) is 4. The Labute approximate surface area is 174 Å². The molecule has 0 fully saturated rings. The molecule has 1 amide bonds. The molecule has 28 heavy (non-hydrogen) atoms. The summed E-state index contributed by atoms with van der Waals surface area (Å²) in [4.78, 5) is 23.1. The van der Waals surface area contributed by atoms with Gasteiger partial charge in [0.05, 0.1) is 15.8 Å². The largest absolute Gasteiger partial charge is 0.470 e. The summed E-state index contributed by atoms with van der Waals surface area (Å²) in [6.45, 7) is 4.29. The van der Waals surface area contributed by atoms with Crippen molar-refractivity contribution in [2.24, 2.45) is 0 Å². The predicted octanol–water partition coefficient (Wildman–Crippen LogP) is 6.05. The summed E-state index contributed by atoms with van der Waals surface area (Å²) in [6, 6.07) is 2.30. The van der Waals surface area contributed by atoms with Gasteiger partial charge in [-0.1, -0.05) is 34.8 Å². The number of carbonyl (C=O) groups excluding carboxylic acids is 1. The van der Waals surface area contributed by atoms with Crippen molar-refractivity contribution in [1.82, 2.24) is 9.55 Å². The van der Waals surface area contributed by atoms with Gasteiger partial charge < -0.3 is 4.84 Å². The SMILES string of the molecule is CCC[N+](CC)(Oc1c(Cl)cc(SCC(F)(F)F)cc1Cl)C(=O)n1ccnc1. The first-order valence-electron chi connectivity index (χ1n) is 8.40. The van der Waals surface area contributed by atoms with Crippen molar-refractivity contribution in [2.45, 2.75) is 31.3 Å². The molecule has 1 heterocycles. The Balaban J connectivity index is 2.35. The number of hydrogen-bond donors (Lipinski definition) is 0. The lowest BCUT2D eigenvalue weighted by molar-refractivity contribution is -1.01. The number of rotatable bonds is 7. The van der Waals surface area contributed by atoms with Crippen molar-refractivity contribution in [3.63, 3.8) is 0 Å². The van der Waals surface area contributed by atoms with E-state index in [1.165, 1.54) is 35.4 Å². The lowest BCUT2D eigenvalue weighted by Crippen LogP contribution is -2.57. The van der Waals surface area contributed by atoms with E-state index in [0.29, 0.717) is 24.7 Å². The molecule has 1 aromatic heterocycles. The number of aromatic nitrogens is 2. The van der Waals surface area contributed by atoms with Gasteiger partial charge in [-0.15, -0.1) is 11.8 Å². The van der Waals surface area contributed by atoms with Crippen LogP contribution in [0.2, 0.25) is 10.0 Å². The second-order valence-electron chi connectivity index (χ2n) is 5.89. The van der Waals surface area contributed by atoms with Crippen molar-refractivity contribution >= 4 is 41.0 Å². The monoisotopic (exact) mass is 456 g/mol. The van der Waals surface area contributed by atoms with E-state index in [9.17, 15) is 18.0 Å². The molecule has 0 N–H and O–H groups in total. The minimum absolute atomic E-state index is 0.0302. The van der Waals surface area contributed by atoms with Gasteiger partial charge in [-0.05, 0) is 25.5 Å². The lowest BCUT2D eigenvalue weighted by Gasteiger charge is -2.32. The molecule has 0 aliphatic rings. The Bertz CT molecular complexity index is 795. The fourth-order valence-electron chi connectivity index (χ4n) is 2.53. The molecular weight excluding hydrogens is 438 g/mol. The van der Waals surface area contributed by atoms with Crippen LogP contribution in [0.25, 0.3) is 0 Å². The van der Waals surface area contributed by atoms with E-state index in [4.69, 9.17) is 28.0 Å². The third kappa shape index (κ3) is 5.56. The average Bonchev–Trinajstić information content (AvgIpc) is 3.15. The summed E-state index contributed by atoms with van der Waals surface area (Å²) in [6.07, 6.45) is 0.656. The van der Waals surface area contributed by atoms with Gasteiger partial charge in [-0.25, -0.2) is 14.3 Å². The molecule has 1 unspecified atom stereocenters. The van der Waals surface area contributed by atoms with Crippen LogP contribution in [-0.2, 0) is 0 Å². The van der Waals surface area contributed by atoms with Crippen LogP contribution in [0.4, 0.5) is 18.0 Å². The first-order valence-corrected chi connectivity index (χ1v) is 10.1. The second-order valence-corrected chi connectivity index (χ2v) is 7.76. The molecule has 0 saturated heterocycles. The lowest BCUT2D eigenvalue weighted by atomic mass is 10.3. The quantitative estimate of drug-likeness (QED) is 0.288. The molecule has 5 nitrogen and oxygen atoms in total. The summed E-state index contributed by atoms with van der Waals surface area (Å²) in [5.74, 6) is -1.02. The van der Waals surface area contributed by atoms with Gasteiger partial charge in [0.2, 0.25) is 5.75 Å². The normalized spacial score (nSPS) is 14.0. The van der Waals surface area contributed by atoms with Crippen molar-refractivity contribution in [3.05, 3.63) is 40.9 Å². The van der Waals surface area contributed by atoms with Crippen LogP contribution < -0.4 is 4.84 Å². The highest BCUT2D eigenvalue weighted by Gasteiger charge is 2.41. The topological polar surface area (TPSA) is 44.1 Å². The molecule has 0 aliphatic carbocycles. The number of alkyl halides is 3. The molecule has 2 rings (SSSR count). The number of imidazole rings is 1. The molecule has 0 radical (unpaired) electrons. The third-order valence-electron chi connectivity index (χ3n) is 3.81. The van der Waals surface area contributed by atoms with Gasteiger partial charge in [0, 0.05) is 17.3 Å². The Kier molecular flexibility index (Phi) is 7.66. The fraction of sp³-hybridized carbons (Fsp3) is 0.412. The zero-order chi connectivity index (χ0) is 20.9. The summed E-state index contributed by atoms with van der Waals surface area (Å²) < 4.78 is 38.2. The Morgan fingerprint density at radius 3 is 2.39 bits per heavy atom. The van der Waals surface area contributed by atoms with Gasteiger partial charge in [0.15, 0.2) is 0 Å². The third-order valence-corrected chi connectivity index (χ3v) is 5.41. The maximum Gasteiger partial charge on any atom is 0.470 e. The molecule has 11 heteroatoms. The number of thioether (sulfide) groups is 1. The summed E-state index contributed by atoms with van der Waals surface area (Å²) >= 11 is 13.0. The summed E-state index contributed by atoms with van der Waals surface area (Å²) in [7, 11) is 0. The number of carbonyl (C=O) groups is 1. The van der Waals surface area contributed by atoms with Crippen LogP contribution in [0.1, 0.15) is 20.3 Å². The van der Waals surface area contributed by atoms with Gasteiger partial charge in [0.25, 0.3) is 0 Å². The molecule has 1 atom stereocenters. The highest BCUT2D eigenvalue weighted by molar-refractivity contribution is 7.99. The van der Waals surface area contributed by atoms with Crippen LogP contribution in [-0.4, -0.2) is 45.2 Å². The maximum atomic E-state index is 13.0. The van der Waals surface area contributed by atoms with Gasteiger partial charge in [-0.3, -0.25) is 0 Å². The van der Waals surface area contributed by atoms with E-state index in [-0.39, 0.29) is 33.3 Å². The first kappa shape index (κ1) is 22.9. The van der Waals surface area contributed by atoms with E-state index in [1.54, 1.807) is 6.92 Å². The summed E-state index contributed by atoms with van der Waals surface area (Å²) in [5, 5.41) is 0.0605. The number of benzene rings is 1. The number of halogens is 5. The number of nitrogens with zero attached hydrogens (tertiary/aromatic N) is 3. The van der Waals surface area contributed by atoms with Gasteiger partial charge >= 0.3 is 12.2 Å². The zero-order valence-corrected chi connectivity index (χ0v) is 17.5. The second kappa shape index (κ2) is 9.39.